The Hall–Kier alpha value is -3.54. The number of benzene rings is 1. The minimum absolute atomic E-state index is 0.0454. The van der Waals surface area contributed by atoms with Crippen molar-refractivity contribution in [1.29, 1.82) is 0 Å². The monoisotopic (exact) mass is 522 g/mol. The molecule has 0 unspecified atom stereocenters. The first-order valence-corrected chi connectivity index (χ1v) is 12.5. The lowest BCUT2D eigenvalue weighted by Gasteiger charge is -2.26. The van der Waals surface area contributed by atoms with Gasteiger partial charge < -0.3 is 15.8 Å². The SMILES string of the molecule is CC(C)(Cc1ccc(Cl)c(-c2nc(-c3ccc(C#CC4(O)CCCCC4)nc3)cc(=O)[nH]2)c1F)C(N)=O. The van der Waals surface area contributed by atoms with E-state index in [9.17, 15) is 14.7 Å². The van der Waals surface area contributed by atoms with E-state index in [1.807, 2.05) is 0 Å². The van der Waals surface area contributed by atoms with E-state index in [-0.39, 0.29) is 34.1 Å². The number of nitrogens with zero attached hydrogens (tertiary/aromatic N) is 2. The van der Waals surface area contributed by atoms with Crippen LogP contribution in [0.1, 0.15) is 57.2 Å². The van der Waals surface area contributed by atoms with Crippen molar-refractivity contribution >= 4 is 17.5 Å². The lowest BCUT2D eigenvalue weighted by molar-refractivity contribution is -0.125. The van der Waals surface area contributed by atoms with Gasteiger partial charge in [-0.05, 0) is 61.8 Å². The van der Waals surface area contributed by atoms with Crippen LogP contribution in [-0.4, -0.2) is 31.6 Å². The normalized spacial score (nSPS) is 15.1. The maximum absolute atomic E-state index is 15.6. The van der Waals surface area contributed by atoms with Gasteiger partial charge in [0.05, 0.1) is 16.3 Å². The number of halogens is 2. The zero-order valence-corrected chi connectivity index (χ0v) is 21.5. The van der Waals surface area contributed by atoms with E-state index in [2.05, 4.69) is 26.8 Å². The number of pyridine rings is 1. The van der Waals surface area contributed by atoms with Crippen molar-refractivity contribution in [2.75, 3.05) is 0 Å². The predicted molar refractivity (Wildman–Crippen MR) is 140 cm³/mol. The summed E-state index contributed by atoms with van der Waals surface area (Å²) in [7, 11) is 0. The molecular weight excluding hydrogens is 495 g/mol. The number of hydrogen-bond donors (Lipinski definition) is 3. The van der Waals surface area contributed by atoms with Crippen LogP contribution >= 0.6 is 11.6 Å². The van der Waals surface area contributed by atoms with Crippen LogP contribution in [0.3, 0.4) is 0 Å². The minimum atomic E-state index is -0.989. The number of amides is 1. The van der Waals surface area contributed by atoms with Crippen LogP contribution in [0.15, 0.2) is 41.3 Å². The fourth-order valence-corrected chi connectivity index (χ4v) is 4.53. The summed E-state index contributed by atoms with van der Waals surface area (Å²) < 4.78 is 15.6. The van der Waals surface area contributed by atoms with Gasteiger partial charge in [-0.1, -0.05) is 43.9 Å². The number of nitrogens with two attached hydrogens (primary N) is 1. The van der Waals surface area contributed by atoms with Gasteiger partial charge in [0.2, 0.25) is 5.91 Å². The van der Waals surface area contributed by atoms with E-state index in [0.29, 0.717) is 24.1 Å². The molecule has 1 aliphatic rings. The Morgan fingerprint density at radius 2 is 1.97 bits per heavy atom. The first kappa shape index (κ1) is 26.5. The van der Waals surface area contributed by atoms with E-state index in [0.717, 1.165) is 19.3 Å². The summed E-state index contributed by atoms with van der Waals surface area (Å²) in [5, 5.41) is 10.6. The van der Waals surface area contributed by atoms with Crippen LogP contribution in [0, 0.1) is 23.1 Å². The Kier molecular flexibility index (Phi) is 7.49. The molecule has 0 radical (unpaired) electrons. The standard InChI is InChI=1S/C28H28ClFN4O3/c1-27(2,26(31)36)15-17-7-9-20(29)23(24(17)30)25-33-21(14-22(35)34-25)18-6-8-19(32-16-18)10-13-28(37)11-4-3-5-12-28/h6-9,14,16,37H,3-5,11-12,15H2,1-2H3,(H2,31,36)(H,33,34,35). The van der Waals surface area contributed by atoms with Gasteiger partial charge in [-0.2, -0.15) is 0 Å². The van der Waals surface area contributed by atoms with Crippen molar-refractivity contribution in [3.63, 3.8) is 0 Å². The molecule has 1 aliphatic carbocycles. The van der Waals surface area contributed by atoms with Crippen molar-refractivity contribution in [2.45, 2.75) is 58.0 Å². The summed E-state index contributed by atoms with van der Waals surface area (Å²) in [6.45, 7) is 3.25. The fraction of sp³-hybridized carbons (Fsp3) is 0.357. The Balaban J connectivity index is 1.66. The second kappa shape index (κ2) is 10.4. The number of aromatic amines is 1. The molecule has 4 rings (SSSR count). The molecule has 0 atom stereocenters. The maximum Gasteiger partial charge on any atom is 0.251 e. The van der Waals surface area contributed by atoms with Crippen LogP contribution in [-0.2, 0) is 11.2 Å². The molecule has 0 saturated heterocycles. The highest BCUT2D eigenvalue weighted by molar-refractivity contribution is 6.33. The van der Waals surface area contributed by atoms with E-state index in [1.54, 1.807) is 26.0 Å². The summed E-state index contributed by atoms with van der Waals surface area (Å²) in [5.41, 5.74) is 4.41. The molecule has 192 valence electrons. The molecule has 1 saturated carbocycles. The van der Waals surface area contributed by atoms with Gasteiger partial charge in [-0.15, -0.1) is 0 Å². The molecule has 1 amide bonds. The van der Waals surface area contributed by atoms with Crippen molar-refractivity contribution in [1.82, 2.24) is 15.0 Å². The lowest BCUT2D eigenvalue weighted by atomic mass is 9.84. The zero-order valence-electron chi connectivity index (χ0n) is 20.7. The predicted octanol–water partition coefficient (Wildman–Crippen LogP) is 4.39. The smallest absolute Gasteiger partial charge is 0.251 e. The van der Waals surface area contributed by atoms with Gasteiger partial charge in [-0.3, -0.25) is 9.59 Å². The first-order valence-electron chi connectivity index (χ1n) is 12.1. The highest BCUT2D eigenvalue weighted by atomic mass is 35.5. The van der Waals surface area contributed by atoms with Gasteiger partial charge in [0.25, 0.3) is 5.56 Å². The number of carbonyl (C=O) groups excluding carboxylic acids is 1. The largest absolute Gasteiger partial charge is 0.378 e. The van der Waals surface area contributed by atoms with Crippen LogP contribution < -0.4 is 11.3 Å². The third kappa shape index (κ3) is 6.07. The summed E-state index contributed by atoms with van der Waals surface area (Å²) in [4.78, 5) is 35.5. The first-order chi connectivity index (χ1) is 17.5. The molecule has 3 aromatic rings. The lowest BCUT2D eigenvalue weighted by Crippen LogP contribution is -2.33. The number of H-pyrrole nitrogens is 1. The van der Waals surface area contributed by atoms with Gasteiger partial charge in [0, 0.05) is 23.2 Å². The summed E-state index contributed by atoms with van der Waals surface area (Å²) in [6, 6.07) is 7.65. The average molecular weight is 523 g/mol. The Morgan fingerprint density at radius 1 is 1.24 bits per heavy atom. The highest BCUT2D eigenvalue weighted by Gasteiger charge is 2.29. The number of nitrogens with one attached hydrogen (secondary N) is 1. The Morgan fingerprint density at radius 3 is 2.62 bits per heavy atom. The number of hydrogen-bond acceptors (Lipinski definition) is 5. The number of carbonyl (C=O) groups is 1. The number of primary amides is 1. The molecule has 1 aromatic carbocycles. The zero-order chi connectivity index (χ0) is 26.8. The van der Waals surface area contributed by atoms with Gasteiger partial charge in [0.15, 0.2) is 0 Å². The fourth-order valence-electron chi connectivity index (χ4n) is 4.30. The summed E-state index contributed by atoms with van der Waals surface area (Å²) in [5.74, 6) is 4.57. The van der Waals surface area contributed by atoms with Crippen molar-refractivity contribution in [2.24, 2.45) is 11.1 Å². The molecule has 2 aromatic heterocycles. The number of aliphatic hydroxyl groups is 1. The number of rotatable bonds is 5. The van der Waals surface area contributed by atoms with Crippen LogP contribution in [0.4, 0.5) is 4.39 Å². The molecule has 0 spiro atoms. The van der Waals surface area contributed by atoms with E-state index >= 15 is 4.39 Å². The third-order valence-electron chi connectivity index (χ3n) is 6.61. The summed E-state index contributed by atoms with van der Waals surface area (Å²) >= 11 is 6.31. The van der Waals surface area contributed by atoms with Gasteiger partial charge >= 0.3 is 0 Å². The molecule has 4 N–H and O–H groups in total. The maximum atomic E-state index is 15.6. The molecule has 2 heterocycles. The minimum Gasteiger partial charge on any atom is -0.378 e. The molecule has 9 heteroatoms. The molecule has 1 fully saturated rings. The van der Waals surface area contributed by atoms with Gasteiger partial charge in [0.1, 0.15) is 22.9 Å². The summed E-state index contributed by atoms with van der Waals surface area (Å²) in [6.07, 6.45) is 5.87. The quantitative estimate of drug-likeness (QED) is 0.429. The Bertz CT molecular complexity index is 1450. The van der Waals surface area contributed by atoms with Gasteiger partial charge in [-0.25, -0.2) is 14.4 Å². The highest BCUT2D eigenvalue weighted by Crippen LogP contribution is 2.33. The molecule has 37 heavy (non-hydrogen) atoms. The molecule has 0 aliphatic heterocycles. The molecule has 7 nitrogen and oxygen atoms in total. The Labute approximate surface area is 219 Å². The van der Waals surface area contributed by atoms with Crippen LogP contribution in [0.25, 0.3) is 22.6 Å². The van der Waals surface area contributed by atoms with Crippen molar-refractivity contribution < 1.29 is 14.3 Å². The topological polar surface area (TPSA) is 122 Å². The van der Waals surface area contributed by atoms with E-state index in [4.69, 9.17) is 17.3 Å². The average Bonchev–Trinajstić information content (AvgIpc) is 2.85. The molecule has 0 bridgehead atoms. The van der Waals surface area contributed by atoms with Crippen molar-refractivity contribution in [3.05, 3.63) is 69.0 Å². The van der Waals surface area contributed by atoms with E-state index in [1.165, 1.54) is 24.4 Å². The van der Waals surface area contributed by atoms with E-state index < -0.39 is 28.3 Å². The van der Waals surface area contributed by atoms with Crippen LogP contribution in [0.2, 0.25) is 5.02 Å². The van der Waals surface area contributed by atoms with Crippen LogP contribution in [0.5, 0.6) is 0 Å². The van der Waals surface area contributed by atoms with Crippen molar-refractivity contribution in [3.8, 4) is 34.5 Å². The second-order valence-corrected chi connectivity index (χ2v) is 10.5. The molecular formula is C28H28ClFN4O3. The second-order valence-electron chi connectivity index (χ2n) is 10.1. The number of aromatic nitrogens is 3. The third-order valence-corrected chi connectivity index (χ3v) is 6.93.